The van der Waals surface area contributed by atoms with Gasteiger partial charge in [0.1, 0.15) is 11.6 Å². The molecule has 2 saturated carbocycles. The summed E-state index contributed by atoms with van der Waals surface area (Å²) < 4.78 is 48.7. The Hall–Kier alpha value is -2.53. The summed E-state index contributed by atoms with van der Waals surface area (Å²) in [5.74, 6) is -1.49. The predicted octanol–water partition coefficient (Wildman–Crippen LogP) is 8.58. The highest BCUT2D eigenvalue weighted by atomic mass is 19.2. The van der Waals surface area contributed by atoms with Crippen molar-refractivity contribution < 1.29 is 23.0 Å². The second kappa shape index (κ2) is 14.1. The van der Waals surface area contributed by atoms with Gasteiger partial charge in [0, 0.05) is 11.6 Å². The van der Waals surface area contributed by atoms with Crippen LogP contribution in [0.1, 0.15) is 81.3 Å². The van der Waals surface area contributed by atoms with Crippen LogP contribution in [0.15, 0.2) is 73.3 Å². The van der Waals surface area contributed by atoms with E-state index in [0.717, 1.165) is 25.7 Å². The first-order valence-electron chi connectivity index (χ1n) is 12.4. The molecule has 5 heteroatoms. The molecule has 0 saturated heterocycles. The molecule has 1 aromatic rings. The van der Waals surface area contributed by atoms with Crippen molar-refractivity contribution in [2.75, 3.05) is 7.11 Å². The molecule has 2 nitrogen and oxygen atoms in total. The smallest absolute Gasteiger partial charge is 0.162 e. The minimum Gasteiger partial charge on any atom is -0.497 e. The van der Waals surface area contributed by atoms with Gasteiger partial charge in [-0.25, -0.2) is 13.2 Å². The first-order chi connectivity index (χ1) is 16.7. The standard InChI is InChI=1S/C27H33F3O2.C3H6/c1-17(25(28)16-18(2)32-3)4-5-19-6-8-20(9-7-19)23-14-15-24(27(30)26(23)29)21-10-12-22(31)13-11-21;1-3-2/h4-5,14-16,19-22,31H,1-2,6-13H2,3H3;3H,1H2,2H3/b5-4+,25-16+;. The van der Waals surface area contributed by atoms with Crippen LogP contribution in [0.4, 0.5) is 13.2 Å². The van der Waals surface area contributed by atoms with Gasteiger partial charge < -0.3 is 9.84 Å². The van der Waals surface area contributed by atoms with Crippen LogP contribution in [-0.4, -0.2) is 18.3 Å². The molecule has 0 heterocycles. The number of aliphatic hydroxyl groups excluding tert-OH is 1. The lowest BCUT2D eigenvalue weighted by atomic mass is 9.77. The highest BCUT2D eigenvalue weighted by Crippen LogP contribution is 2.41. The van der Waals surface area contributed by atoms with Gasteiger partial charge in [-0.15, -0.1) is 6.58 Å². The summed E-state index contributed by atoms with van der Waals surface area (Å²) in [5.41, 5.74) is 1.16. The predicted molar refractivity (Wildman–Crippen MR) is 138 cm³/mol. The molecule has 1 N–H and O–H groups in total. The van der Waals surface area contributed by atoms with Gasteiger partial charge >= 0.3 is 0 Å². The fourth-order valence-corrected chi connectivity index (χ4v) is 4.84. The molecular formula is C30H39F3O2. The molecule has 2 fully saturated rings. The molecule has 0 radical (unpaired) electrons. The summed E-state index contributed by atoms with van der Waals surface area (Å²) in [6, 6.07) is 3.50. The molecule has 0 unspecified atom stereocenters. The topological polar surface area (TPSA) is 29.5 Å². The molecule has 0 atom stereocenters. The van der Waals surface area contributed by atoms with E-state index in [9.17, 15) is 18.3 Å². The van der Waals surface area contributed by atoms with Crippen molar-refractivity contribution >= 4 is 0 Å². The van der Waals surface area contributed by atoms with Crippen LogP contribution < -0.4 is 0 Å². The van der Waals surface area contributed by atoms with E-state index in [4.69, 9.17) is 4.74 Å². The van der Waals surface area contributed by atoms with Crippen LogP contribution in [0.3, 0.4) is 0 Å². The zero-order valence-corrected chi connectivity index (χ0v) is 21.0. The molecule has 192 valence electrons. The van der Waals surface area contributed by atoms with Crippen molar-refractivity contribution in [2.24, 2.45) is 5.92 Å². The Morgan fingerprint density at radius 1 is 0.943 bits per heavy atom. The monoisotopic (exact) mass is 488 g/mol. The first kappa shape index (κ1) is 28.7. The molecule has 2 aliphatic carbocycles. The fourth-order valence-electron chi connectivity index (χ4n) is 4.84. The maximum atomic E-state index is 14.9. The van der Waals surface area contributed by atoms with Crippen LogP contribution >= 0.6 is 0 Å². The highest BCUT2D eigenvalue weighted by Gasteiger charge is 2.29. The van der Waals surface area contributed by atoms with Crippen LogP contribution in [-0.2, 0) is 4.74 Å². The van der Waals surface area contributed by atoms with E-state index in [1.165, 1.54) is 13.2 Å². The number of rotatable bonds is 7. The molecule has 0 amide bonds. The highest BCUT2D eigenvalue weighted by molar-refractivity contribution is 5.36. The molecule has 0 bridgehead atoms. The van der Waals surface area contributed by atoms with Crippen LogP contribution in [0.2, 0.25) is 0 Å². The van der Waals surface area contributed by atoms with Crippen molar-refractivity contribution in [2.45, 2.75) is 76.2 Å². The third-order valence-corrected chi connectivity index (χ3v) is 6.92. The Balaban J connectivity index is 0.00000137. The molecule has 0 aliphatic heterocycles. The molecule has 35 heavy (non-hydrogen) atoms. The van der Waals surface area contributed by atoms with Crippen molar-refractivity contribution in [1.29, 1.82) is 0 Å². The number of hydrogen-bond acceptors (Lipinski definition) is 2. The number of allylic oxidation sites excluding steroid dienone is 6. The minimum atomic E-state index is -0.720. The normalized spacial score (nSPS) is 24.9. The van der Waals surface area contributed by atoms with Gasteiger partial charge in [0.2, 0.25) is 0 Å². The summed E-state index contributed by atoms with van der Waals surface area (Å²) >= 11 is 0. The number of ether oxygens (including phenoxy) is 1. The third kappa shape index (κ3) is 8.28. The average Bonchev–Trinajstić information content (AvgIpc) is 2.85. The third-order valence-electron chi connectivity index (χ3n) is 6.92. The van der Waals surface area contributed by atoms with Crippen molar-refractivity contribution in [1.82, 2.24) is 0 Å². The molecule has 0 spiro atoms. The molecule has 0 aromatic heterocycles. The maximum absolute atomic E-state index is 14.9. The van der Waals surface area contributed by atoms with E-state index >= 15 is 0 Å². The number of benzene rings is 1. The number of hydrogen-bond donors (Lipinski definition) is 1. The van der Waals surface area contributed by atoms with Gasteiger partial charge in [-0.3, -0.25) is 0 Å². The van der Waals surface area contributed by atoms with Gasteiger partial charge in [-0.2, -0.15) is 0 Å². The largest absolute Gasteiger partial charge is 0.497 e. The first-order valence-corrected chi connectivity index (χ1v) is 12.4. The van der Waals surface area contributed by atoms with Crippen molar-refractivity contribution in [3.05, 3.63) is 96.1 Å². The van der Waals surface area contributed by atoms with Crippen LogP contribution in [0.5, 0.6) is 0 Å². The summed E-state index contributed by atoms with van der Waals surface area (Å²) in [6.07, 6.45) is 12.0. The van der Waals surface area contributed by atoms with E-state index in [-0.39, 0.29) is 35.2 Å². The Bertz CT molecular complexity index is 931. The second-order valence-corrected chi connectivity index (χ2v) is 9.44. The zero-order chi connectivity index (χ0) is 26.0. The van der Waals surface area contributed by atoms with Gasteiger partial charge in [0.05, 0.1) is 13.2 Å². The SMILES string of the molecule is C=C(/C=C(/F)C(=C)/C=C/C1CCC(c2ccc(C3CCC(O)CC3)c(F)c2F)CC1)OC.C=CC. The molecule has 2 aliphatic rings. The zero-order valence-electron chi connectivity index (χ0n) is 21.0. The quantitative estimate of drug-likeness (QED) is 0.237. The van der Waals surface area contributed by atoms with E-state index < -0.39 is 17.5 Å². The molecule has 3 rings (SSSR count). The minimum absolute atomic E-state index is 0.0127. The summed E-state index contributed by atoms with van der Waals surface area (Å²) in [4.78, 5) is 0. The second-order valence-electron chi connectivity index (χ2n) is 9.44. The Morgan fingerprint density at radius 3 is 1.86 bits per heavy atom. The fraction of sp³-hybridized carbons (Fsp3) is 0.467. The van der Waals surface area contributed by atoms with Crippen LogP contribution in [0.25, 0.3) is 0 Å². The number of halogens is 3. The van der Waals surface area contributed by atoms with E-state index in [1.54, 1.807) is 24.3 Å². The lowest BCUT2D eigenvalue weighted by Crippen LogP contribution is -2.19. The number of methoxy groups -OCH3 is 1. The summed E-state index contributed by atoms with van der Waals surface area (Å²) in [6.45, 7) is 12.5. The van der Waals surface area contributed by atoms with E-state index in [1.807, 2.05) is 13.0 Å². The maximum Gasteiger partial charge on any atom is 0.162 e. The lowest BCUT2D eigenvalue weighted by molar-refractivity contribution is 0.122. The summed E-state index contributed by atoms with van der Waals surface area (Å²) in [7, 11) is 1.42. The van der Waals surface area contributed by atoms with Crippen LogP contribution in [0, 0.1) is 17.6 Å². The van der Waals surface area contributed by atoms with E-state index in [0.29, 0.717) is 36.8 Å². The van der Waals surface area contributed by atoms with Crippen molar-refractivity contribution in [3.63, 3.8) is 0 Å². The molecule has 1 aromatic carbocycles. The average molecular weight is 489 g/mol. The number of aliphatic hydroxyl groups is 1. The van der Waals surface area contributed by atoms with Gasteiger partial charge in [-0.1, -0.05) is 43.5 Å². The Labute approximate surface area is 208 Å². The van der Waals surface area contributed by atoms with E-state index in [2.05, 4.69) is 19.7 Å². The summed E-state index contributed by atoms with van der Waals surface area (Å²) in [5, 5.41) is 9.67. The van der Waals surface area contributed by atoms with Gasteiger partial charge in [0.25, 0.3) is 0 Å². The van der Waals surface area contributed by atoms with Crippen molar-refractivity contribution in [3.8, 4) is 0 Å². The van der Waals surface area contributed by atoms with Gasteiger partial charge in [-0.05, 0) is 87.2 Å². The van der Waals surface area contributed by atoms with Gasteiger partial charge in [0.15, 0.2) is 11.6 Å². The Morgan fingerprint density at radius 2 is 1.40 bits per heavy atom. The molecular weight excluding hydrogens is 449 g/mol. The lowest BCUT2D eigenvalue weighted by Gasteiger charge is -2.29. The Kier molecular flexibility index (Phi) is 11.6.